The van der Waals surface area contributed by atoms with E-state index in [2.05, 4.69) is 9.88 Å². The highest BCUT2D eigenvalue weighted by Gasteiger charge is 2.34. The van der Waals surface area contributed by atoms with Gasteiger partial charge in [0.15, 0.2) is 0 Å². The topological polar surface area (TPSA) is 39.7 Å². The molecular weight excluding hydrogens is 453 g/mol. The van der Waals surface area contributed by atoms with Gasteiger partial charge in [-0.2, -0.15) is 13.2 Å². The molecule has 184 valence electrons. The molecule has 1 aromatic rings. The van der Waals surface area contributed by atoms with Crippen LogP contribution in [0.3, 0.4) is 0 Å². The van der Waals surface area contributed by atoms with Crippen LogP contribution in [0, 0.1) is 11.8 Å². The molecule has 0 bridgehead atoms. The van der Waals surface area contributed by atoms with Crippen LogP contribution in [0.2, 0.25) is 5.02 Å². The monoisotopic (exact) mass is 486 g/mol. The number of hydrogen-bond donors (Lipinski definition) is 0. The van der Waals surface area contributed by atoms with Gasteiger partial charge in [0.05, 0.1) is 10.6 Å². The zero-order chi connectivity index (χ0) is 23.4. The number of nitrogens with zero attached hydrogens (tertiary/aromatic N) is 4. The number of halogens is 4. The van der Waals surface area contributed by atoms with E-state index in [9.17, 15) is 18.0 Å². The molecule has 33 heavy (non-hydrogen) atoms. The SMILES string of the molecule is O=C(C1CCN(c2ncc(C(F)(F)F)cc2Cl)CC1)N1CCC(CN2CCCCCC2)CC1. The van der Waals surface area contributed by atoms with Crippen LogP contribution < -0.4 is 4.90 Å². The molecule has 0 spiro atoms. The number of pyridine rings is 1. The van der Waals surface area contributed by atoms with Crippen molar-refractivity contribution in [2.45, 2.75) is 57.5 Å². The average Bonchev–Trinajstić information content (AvgIpc) is 3.07. The highest BCUT2D eigenvalue weighted by Crippen LogP contribution is 2.35. The number of aromatic nitrogens is 1. The number of carbonyl (C=O) groups is 1. The molecule has 4 rings (SSSR count). The molecule has 1 aromatic heterocycles. The number of piperidine rings is 2. The summed E-state index contributed by atoms with van der Waals surface area (Å²) < 4.78 is 38.6. The van der Waals surface area contributed by atoms with Crippen molar-refractivity contribution in [2.24, 2.45) is 11.8 Å². The second-order valence-electron chi connectivity index (χ2n) is 9.77. The molecule has 1 amide bonds. The van der Waals surface area contributed by atoms with E-state index in [1.165, 1.54) is 45.3 Å². The molecule has 9 heteroatoms. The second kappa shape index (κ2) is 10.8. The van der Waals surface area contributed by atoms with Gasteiger partial charge in [0.1, 0.15) is 5.82 Å². The molecular formula is C24H34ClF3N4O. The molecule has 3 aliphatic heterocycles. The van der Waals surface area contributed by atoms with Crippen LogP contribution in [0.4, 0.5) is 19.0 Å². The van der Waals surface area contributed by atoms with Crippen molar-refractivity contribution in [3.63, 3.8) is 0 Å². The third kappa shape index (κ3) is 6.32. The summed E-state index contributed by atoms with van der Waals surface area (Å²) in [7, 11) is 0. The lowest BCUT2D eigenvalue weighted by Crippen LogP contribution is -2.46. The lowest BCUT2D eigenvalue weighted by molar-refractivity contribution is -0.138. The Balaban J connectivity index is 1.24. The van der Waals surface area contributed by atoms with E-state index >= 15 is 0 Å². The van der Waals surface area contributed by atoms with Crippen LogP contribution in [-0.4, -0.2) is 66.5 Å². The first-order chi connectivity index (χ1) is 15.8. The smallest absolute Gasteiger partial charge is 0.355 e. The van der Waals surface area contributed by atoms with E-state index in [-0.39, 0.29) is 16.8 Å². The summed E-state index contributed by atoms with van der Waals surface area (Å²) in [6.45, 7) is 6.42. The van der Waals surface area contributed by atoms with Crippen LogP contribution in [0.25, 0.3) is 0 Å². The van der Waals surface area contributed by atoms with Crippen molar-refractivity contribution in [1.29, 1.82) is 0 Å². The molecule has 0 aromatic carbocycles. The zero-order valence-corrected chi connectivity index (χ0v) is 19.9. The molecule has 3 saturated heterocycles. The third-order valence-electron chi connectivity index (χ3n) is 7.43. The Bertz CT molecular complexity index is 797. The van der Waals surface area contributed by atoms with Gasteiger partial charge in [0.2, 0.25) is 5.91 Å². The summed E-state index contributed by atoms with van der Waals surface area (Å²) in [5.41, 5.74) is -0.847. The molecule has 0 radical (unpaired) electrons. The van der Waals surface area contributed by atoms with Gasteiger partial charge in [-0.25, -0.2) is 4.98 Å². The van der Waals surface area contributed by atoms with Gasteiger partial charge in [-0.3, -0.25) is 4.79 Å². The van der Waals surface area contributed by atoms with E-state index in [0.717, 1.165) is 38.2 Å². The lowest BCUT2D eigenvalue weighted by atomic mass is 9.91. The fourth-order valence-electron chi connectivity index (χ4n) is 5.43. The van der Waals surface area contributed by atoms with E-state index in [4.69, 9.17) is 11.6 Å². The number of anilines is 1. The predicted molar refractivity (Wildman–Crippen MR) is 123 cm³/mol. The van der Waals surface area contributed by atoms with Gasteiger partial charge in [0.25, 0.3) is 0 Å². The number of hydrogen-bond acceptors (Lipinski definition) is 4. The highest BCUT2D eigenvalue weighted by atomic mass is 35.5. The maximum Gasteiger partial charge on any atom is 0.417 e. The first-order valence-corrected chi connectivity index (χ1v) is 12.7. The number of likely N-dealkylation sites (tertiary alicyclic amines) is 2. The van der Waals surface area contributed by atoms with Crippen molar-refractivity contribution in [2.75, 3.05) is 50.7 Å². The molecule has 0 unspecified atom stereocenters. The lowest BCUT2D eigenvalue weighted by Gasteiger charge is -2.38. The summed E-state index contributed by atoms with van der Waals surface area (Å²) in [5, 5.41) is 0.00100. The maximum atomic E-state index is 13.1. The molecule has 3 aliphatic rings. The molecule has 4 heterocycles. The average molecular weight is 487 g/mol. The summed E-state index contributed by atoms with van der Waals surface area (Å²) in [5.74, 6) is 1.25. The van der Waals surface area contributed by atoms with E-state index in [1.807, 2.05) is 9.80 Å². The van der Waals surface area contributed by atoms with Crippen LogP contribution in [0.1, 0.15) is 56.9 Å². The Morgan fingerprint density at radius 2 is 1.61 bits per heavy atom. The number of carbonyl (C=O) groups excluding carboxylic acids is 1. The molecule has 0 atom stereocenters. The number of amides is 1. The van der Waals surface area contributed by atoms with Gasteiger partial charge in [-0.1, -0.05) is 24.4 Å². The standard InChI is InChI=1S/C24H34ClF3N4O/c25-21-15-20(24(26,27)28)16-29-22(21)31-13-7-19(8-14-31)23(33)32-11-5-18(6-12-32)17-30-9-3-1-2-4-10-30/h15-16,18-19H,1-14,17H2. The fraction of sp³-hybridized carbons (Fsp3) is 0.750. The van der Waals surface area contributed by atoms with Crippen LogP contribution in [0.5, 0.6) is 0 Å². The Hall–Kier alpha value is -1.54. The first kappa shape index (κ1) is 24.6. The van der Waals surface area contributed by atoms with E-state index in [1.54, 1.807) is 0 Å². The fourth-order valence-corrected chi connectivity index (χ4v) is 5.72. The summed E-state index contributed by atoms with van der Waals surface area (Å²) in [6, 6.07) is 0.927. The minimum Gasteiger partial charge on any atom is -0.355 e. The second-order valence-corrected chi connectivity index (χ2v) is 10.2. The van der Waals surface area contributed by atoms with Gasteiger partial charge in [0, 0.05) is 44.8 Å². The van der Waals surface area contributed by atoms with Gasteiger partial charge in [-0.15, -0.1) is 0 Å². The Morgan fingerprint density at radius 3 is 2.18 bits per heavy atom. The minimum absolute atomic E-state index is 0.00100. The molecule has 3 fully saturated rings. The van der Waals surface area contributed by atoms with Gasteiger partial charge < -0.3 is 14.7 Å². The normalized spacial score (nSPS) is 22.4. The Morgan fingerprint density at radius 1 is 0.970 bits per heavy atom. The van der Waals surface area contributed by atoms with Gasteiger partial charge in [-0.05, 0) is 63.6 Å². The molecule has 0 saturated carbocycles. The van der Waals surface area contributed by atoms with Crippen molar-refractivity contribution >= 4 is 23.3 Å². The van der Waals surface area contributed by atoms with Crippen molar-refractivity contribution < 1.29 is 18.0 Å². The first-order valence-electron chi connectivity index (χ1n) is 12.3. The highest BCUT2D eigenvalue weighted by molar-refractivity contribution is 6.33. The molecule has 0 N–H and O–H groups in total. The van der Waals surface area contributed by atoms with Crippen molar-refractivity contribution in [1.82, 2.24) is 14.8 Å². The van der Waals surface area contributed by atoms with Crippen LogP contribution in [0.15, 0.2) is 12.3 Å². The summed E-state index contributed by atoms with van der Waals surface area (Å²) in [6.07, 6.45) is 5.18. The van der Waals surface area contributed by atoms with E-state index < -0.39 is 11.7 Å². The Kier molecular flexibility index (Phi) is 8.05. The molecule has 0 aliphatic carbocycles. The van der Waals surface area contributed by atoms with Gasteiger partial charge >= 0.3 is 6.18 Å². The van der Waals surface area contributed by atoms with Crippen LogP contribution in [-0.2, 0) is 11.0 Å². The third-order valence-corrected chi connectivity index (χ3v) is 7.71. The summed E-state index contributed by atoms with van der Waals surface area (Å²) >= 11 is 6.10. The maximum absolute atomic E-state index is 13.1. The molecule has 5 nitrogen and oxygen atoms in total. The largest absolute Gasteiger partial charge is 0.417 e. The van der Waals surface area contributed by atoms with E-state index in [0.29, 0.717) is 37.7 Å². The quantitative estimate of drug-likeness (QED) is 0.594. The number of alkyl halides is 3. The predicted octanol–water partition coefficient (Wildman–Crippen LogP) is 5.08. The van der Waals surface area contributed by atoms with Crippen molar-refractivity contribution in [3.8, 4) is 0 Å². The Labute approximate surface area is 199 Å². The summed E-state index contributed by atoms with van der Waals surface area (Å²) in [4.78, 5) is 23.6. The number of rotatable bonds is 4. The van der Waals surface area contributed by atoms with Crippen molar-refractivity contribution in [3.05, 3.63) is 22.8 Å². The zero-order valence-electron chi connectivity index (χ0n) is 19.1. The minimum atomic E-state index is -4.46. The van der Waals surface area contributed by atoms with Crippen LogP contribution >= 0.6 is 11.6 Å².